The Balaban J connectivity index is 1.13. The fourth-order valence-electron chi connectivity index (χ4n) is 4.84. The first-order chi connectivity index (χ1) is 17.6. The van der Waals surface area contributed by atoms with Crippen molar-refractivity contribution in [2.75, 3.05) is 20.1 Å². The van der Waals surface area contributed by atoms with E-state index in [0.717, 1.165) is 49.6 Å². The molecule has 5 rings (SSSR count). The molecule has 0 saturated carbocycles. The smallest absolute Gasteiger partial charge is 0.246 e. The zero-order valence-corrected chi connectivity index (χ0v) is 21.5. The van der Waals surface area contributed by atoms with Gasteiger partial charge < -0.3 is 9.64 Å². The molecule has 1 fully saturated rings. The summed E-state index contributed by atoms with van der Waals surface area (Å²) in [6, 6.07) is 27.5. The van der Waals surface area contributed by atoms with Crippen LogP contribution in [0.3, 0.4) is 0 Å². The summed E-state index contributed by atoms with van der Waals surface area (Å²) in [5, 5.41) is 4.62. The van der Waals surface area contributed by atoms with Gasteiger partial charge in [0, 0.05) is 50.0 Å². The molecule has 0 N–H and O–H groups in total. The number of hydrogen-bond acceptors (Lipinski definition) is 4. The van der Waals surface area contributed by atoms with Crippen LogP contribution in [0.15, 0.2) is 90.3 Å². The molecule has 0 spiro atoms. The molecule has 3 aromatic carbocycles. The quantitative estimate of drug-likeness (QED) is 0.257. The predicted octanol–water partition coefficient (Wildman–Crippen LogP) is 6.62. The van der Waals surface area contributed by atoms with Crippen molar-refractivity contribution in [3.8, 4) is 5.75 Å². The molecule has 1 aliphatic rings. The highest BCUT2D eigenvalue weighted by molar-refractivity contribution is 7.10. The second kappa shape index (κ2) is 11.5. The van der Waals surface area contributed by atoms with E-state index in [4.69, 9.17) is 4.74 Å². The topological polar surface area (TPSA) is 32.8 Å². The molecule has 2 heterocycles. The summed E-state index contributed by atoms with van der Waals surface area (Å²) in [5.74, 6) is 0.992. The molecule has 0 aliphatic carbocycles. The number of hydrogen-bond donors (Lipinski definition) is 0. The fourth-order valence-corrected chi connectivity index (χ4v) is 5.46. The van der Waals surface area contributed by atoms with Crippen molar-refractivity contribution < 1.29 is 9.53 Å². The first kappa shape index (κ1) is 24.3. The molecule has 5 heteroatoms. The second-order valence-corrected chi connectivity index (χ2v) is 10.4. The van der Waals surface area contributed by atoms with E-state index in [-0.39, 0.29) is 12.0 Å². The van der Waals surface area contributed by atoms with Crippen molar-refractivity contribution in [1.29, 1.82) is 0 Å². The van der Waals surface area contributed by atoms with E-state index in [2.05, 4.69) is 72.6 Å². The molecule has 4 nitrogen and oxygen atoms in total. The predicted molar refractivity (Wildman–Crippen MR) is 149 cm³/mol. The molecule has 36 heavy (non-hydrogen) atoms. The number of carbonyl (C=O) groups is 1. The van der Waals surface area contributed by atoms with Gasteiger partial charge in [0.15, 0.2) is 0 Å². The number of piperidine rings is 1. The van der Waals surface area contributed by atoms with Crippen molar-refractivity contribution in [3.63, 3.8) is 0 Å². The molecule has 1 aliphatic heterocycles. The number of ether oxygens (including phenoxy) is 1. The summed E-state index contributed by atoms with van der Waals surface area (Å²) in [5.41, 5.74) is 2.58. The van der Waals surface area contributed by atoms with E-state index in [1.807, 2.05) is 34.6 Å². The van der Waals surface area contributed by atoms with Gasteiger partial charge in [0.25, 0.3) is 0 Å². The largest absolute Gasteiger partial charge is 0.490 e. The van der Waals surface area contributed by atoms with E-state index < -0.39 is 0 Å². The number of carbonyl (C=O) groups excluding carboxylic acids is 1. The van der Waals surface area contributed by atoms with Gasteiger partial charge in [-0.25, -0.2) is 0 Å². The zero-order valence-electron chi connectivity index (χ0n) is 20.7. The minimum atomic E-state index is 0.0816. The number of benzene rings is 3. The van der Waals surface area contributed by atoms with Crippen molar-refractivity contribution in [2.45, 2.75) is 32.0 Å². The standard InChI is InChI=1S/C31H32N2O2S/c1-32(23-26-10-5-9-25-8-2-3-13-30(25)26)22-24-7-4-11-28(21-24)35-27-16-18-33(19-17-27)31(34)15-14-29-12-6-20-36-29/h2-15,20-21,27H,16-19,22-23H2,1H3. The number of nitrogens with zero attached hydrogens (tertiary/aromatic N) is 2. The van der Waals surface area contributed by atoms with E-state index in [1.165, 1.54) is 21.9 Å². The zero-order chi connectivity index (χ0) is 24.7. The number of amides is 1. The van der Waals surface area contributed by atoms with Crippen LogP contribution < -0.4 is 4.74 Å². The number of likely N-dealkylation sites (tertiary alicyclic amines) is 1. The first-order valence-electron chi connectivity index (χ1n) is 12.6. The molecule has 0 bridgehead atoms. The lowest BCUT2D eigenvalue weighted by Crippen LogP contribution is -2.41. The summed E-state index contributed by atoms with van der Waals surface area (Å²) in [7, 11) is 2.16. The van der Waals surface area contributed by atoms with Crippen LogP contribution in [0.5, 0.6) is 5.75 Å². The van der Waals surface area contributed by atoms with Crippen LogP contribution in [-0.2, 0) is 17.9 Å². The molecule has 1 aromatic heterocycles. The third kappa shape index (κ3) is 6.23. The Hall–Kier alpha value is -3.41. The number of rotatable bonds is 8. The van der Waals surface area contributed by atoms with Gasteiger partial charge in [-0.1, -0.05) is 60.7 Å². The van der Waals surface area contributed by atoms with Gasteiger partial charge in [0.2, 0.25) is 5.91 Å². The summed E-state index contributed by atoms with van der Waals surface area (Å²) in [6.45, 7) is 3.20. The summed E-state index contributed by atoms with van der Waals surface area (Å²) in [4.78, 5) is 17.9. The summed E-state index contributed by atoms with van der Waals surface area (Å²) in [6.07, 6.45) is 5.43. The lowest BCUT2D eigenvalue weighted by molar-refractivity contribution is -0.127. The van der Waals surface area contributed by atoms with Crippen molar-refractivity contribution in [2.24, 2.45) is 0 Å². The second-order valence-electron chi connectivity index (χ2n) is 9.45. The van der Waals surface area contributed by atoms with Crippen LogP contribution in [0.4, 0.5) is 0 Å². The van der Waals surface area contributed by atoms with Crippen LogP contribution in [0.1, 0.15) is 28.8 Å². The van der Waals surface area contributed by atoms with E-state index >= 15 is 0 Å². The Kier molecular flexibility index (Phi) is 7.79. The lowest BCUT2D eigenvalue weighted by atomic mass is 10.0. The Labute approximate surface area is 217 Å². The SMILES string of the molecule is CN(Cc1cccc(OC2CCN(C(=O)C=Cc3cccs3)CC2)c1)Cc1cccc2ccccc12. The van der Waals surface area contributed by atoms with Gasteiger partial charge >= 0.3 is 0 Å². The lowest BCUT2D eigenvalue weighted by Gasteiger charge is -2.31. The van der Waals surface area contributed by atoms with E-state index in [0.29, 0.717) is 0 Å². The van der Waals surface area contributed by atoms with Crippen LogP contribution in [0.25, 0.3) is 16.8 Å². The normalized spacial score (nSPS) is 14.7. The molecule has 184 valence electrons. The average molecular weight is 497 g/mol. The Morgan fingerprint density at radius 2 is 1.81 bits per heavy atom. The van der Waals surface area contributed by atoms with E-state index in [9.17, 15) is 4.79 Å². The average Bonchev–Trinajstić information content (AvgIpc) is 3.42. The van der Waals surface area contributed by atoms with Crippen molar-refractivity contribution >= 4 is 34.1 Å². The summed E-state index contributed by atoms with van der Waals surface area (Å²) < 4.78 is 6.33. The molecule has 0 atom stereocenters. The highest BCUT2D eigenvalue weighted by atomic mass is 32.1. The number of thiophene rings is 1. The van der Waals surface area contributed by atoms with Crippen molar-refractivity contribution in [3.05, 3.63) is 106 Å². The van der Waals surface area contributed by atoms with Gasteiger partial charge in [0.1, 0.15) is 11.9 Å². The Morgan fingerprint density at radius 1 is 1.00 bits per heavy atom. The molecule has 1 saturated heterocycles. The molecule has 1 amide bonds. The highest BCUT2D eigenvalue weighted by Crippen LogP contribution is 2.23. The molecule has 0 radical (unpaired) electrons. The minimum absolute atomic E-state index is 0.0816. The monoisotopic (exact) mass is 496 g/mol. The Bertz CT molecular complexity index is 1320. The molecular weight excluding hydrogens is 464 g/mol. The molecule has 4 aromatic rings. The third-order valence-electron chi connectivity index (χ3n) is 6.66. The van der Waals surface area contributed by atoms with Gasteiger partial charge in [-0.15, -0.1) is 11.3 Å². The van der Waals surface area contributed by atoms with Crippen LogP contribution >= 0.6 is 11.3 Å². The number of fused-ring (bicyclic) bond motifs is 1. The third-order valence-corrected chi connectivity index (χ3v) is 7.50. The van der Waals surface area contributed by atoms with Crippen molar-refractivity contribution in [1.82, 2.24) is 9.80 Å². The molecular formula is C31H32N2O2S. The van der Waals surface area contributed by atoms with Gasteiger partial charge in [0.05, 0.1) is 0 Å². The molecule has 0 unspecified atom stereocenters. The van der Waals surface area contributed by atoms with Gasteiger partial charge in [-0.3, -0.25) is 9.69 Å². The minimum Gasteiger partial charge on any atom is -0.490 e. The van der Waals surface area contributed by atoms with E-state index in [1.54, 1.807) is 17.4 Å². The first-order valence-corrected chi connectivity index (χ1v) is 13.4. The fraction of sp³-hybridized carbons (Fsp3) is 0.258. The van der Waals surface area contributed by atoms with Crippen LogP contribution in [-0.4, -0.2) is 41.9 Å². The highest BCUT2D eigenvalue weighted by Gasteiger charge is 2.23. The van der Waals surface area contributed by atoms with Crippen LogP contribution in [0, 0.1) is 0 Å². The maximum Gasteiger partial charge on any atom is 0.246 e. The van der Waals surface area contributed by atoms with Gasteiger partial charge in [-0.2, -0.15) is 0 Å². The van der Waals surface area contributed by atoms with Gasteiger partial charge in [-0.05, 0) is 58.6 Å². The van der Waals surface area contributed by atoms with Crippen LogP contribution in [0.2, 0.25) is 0 Å². The summed E-state index contributed by atoms with van der Waals surface area (Å²) >= 11 is 1.64. The maximum absolute atomic E-state index is 12.5. The maximum atomic E-state index is 12.5. The Morgan fingerprint density at radius 3 is 2.64 bits per heavy atom.